The second-order valence-corrected chi connectivity index (χ2v) is 26.2. The maximum Gasteiger partial charge on any atom is 0.412 e. The van der Waals surface area contributed by atoms with Crippen LogP contribution in [-0.2, 0) is 29.2 Å². The molecule has 0 spiro atoms. The van der Waals surface area contributed by atoms with Crippen LogP contribution in [0.1, 0.15) is 34.8 Å². The summed E-state index contributed by atoms with van der Waals surface area (Å²) in [6, 6.07) is 15.8. The molecule has 0 bridgehead atoms. The summed E-state index contributed by atoms with van der Waals surface area (Å²) in [5.41, 5.74) is 5.86. The first-order valence-electron chi connectivity index (χ1n) is 15.5. The first-order chi connectivity index (χ1) is 26.2. The molecule has 0 saturated heterocycles. The van der Waals surface area contributed by atoms with Crippen molar-refractivity contribution in [3.63, 3.8) is 0 Å². The van der Waals surface area contributed by atoms with E-state index in [0.717, 1.165) is 33.4 Å². The average Bonchev–Trinajstić information content (AvgIpc) is 3.66. The third-order valence-corrected chi connectivity index (χ3v) is 6.74. The molecule has 0 atom stereocenters. The number of benzene rings is 3. The molecule has 4 N–H and O–H groups in total. The zero-order valence-electron chi connectivity index (χ0n) is 28.6. The van der Waals surface area contributed by atoms with Gasteiger partial charge in [0.05, 0.1) is 14.2 Å². The topological polar surface area (TPSA) is 194 Å². The Balaban J connectivity index is 0.000000265. The van der Waals surface area contributed by atoms with Gasteiger partial charge in [0.1, 0.15) is 36.2 Å². The minimum Gasteiger partial charge on any atom is -0.410 e. The van der Waals surface area contributed by atoms with Crippen LogP contribution >= 0.6 is 61.2 Å². The number of aliphatic imine (C=N–C) groups is 2. The summed E-state index contributed by atoms with van der Waals surface area (Å²) >= 11 is 5.30. The number of carbonyl (C=O) groups excluding carboxylic acids is 5. The number of aliphatic hydroxyl groups excluding tert-OH is 1. The number of hydrogen-bond donors (Lipinski definition) is 4. The van der Waals surface area contributed by atoms with E-state index in [1.54, 1.807) is 42.5 Å². The molecule has 3 aromatic carbocycles. The van der Waals surface area contributed by atoms with E-state index >= 15 is 0 Å². The molecule has 0 fully saturated rings. The van der Waals surface area contributed by atoms with Crippen molar-refractivity contribution in [3.8, 4) is 40.9 Å². The number of aliphatic hydroxyl groups is 1. The van der Waals surface area contributed by atoms with Gasteiger partial charge in [0.25, 0.3) is 0 Å². The summed E-state index contributed by atoms with van der Waals surface area (Å²) in [5.74, 6) is 12.0. The first-order valence-corrected chi connectivity index (χ1v) is 27.3. The van der Waals surface area contributed by atoms with Gasteiger partial charge >= 0.3 is 68.8 Å². The van der Waals surface area contributed by atoms with Gasteiger partial charge in [-0.25, -0.2) is 14.4 Å². The van der Waals surface area contributed by atoms with Crippen LogP contribution in [0.2, 0.25) is 0 Å². The molecule has 7 rings (SSSR count). The smallest absolute Gasteiger partial charge is 0.410 e. The molecule has 4 heterocycles. The van der Waals surface area contributed by atoms with E-state index in [1.165, 1.54) is 0 Å². The van der Waals surface area contributed by atoms with Crippen LogP contribution in [0.4, 0.5) is 18.8 Å². The molecule has 0 aromatic heterocycles. The number of fused-ring (bicyclic) bond motifs is 3. The molecule has 54 heavy (non-hydrogen) atoms. The summed E-state index contributed by atoms with van der Waals surface area (Å²) < 4.78 is 30.4. The largest absolute Gasteiger partial charge is 0.412 e. The van der Waals surface area contributed by atoms with E-state index in [9.17, 15) is 28.4 Å². The summed E-state index contributed by atoms with van der Waals surface area (Å²) in [5, 5.41) is 16.2. The normalized spacial score (nSPS) is 13.6. The molecule has 4 aliphatic heterocycles. The number of nitrogens with zero attached hydrogens (tertiary/aromatic N) is 2. The molecule has 4 aliphatic rings. The number of hydrogen-bond acceptors (Lipinski definition) is 11. The van der Waals surface area contributed by atoms with Crippen molar-refractivity contribution in [3.05, 3.63) is 88.0 Å². The van der Waals surface area contributed by atoms with Crippen LogP contribution in [0.15, 0.2) is 64.6 Å². The second kappa shape index (κ2) is 25.2. The number of aldehydes is 2. The van der Waals surface area contributed by atoms with E-state index in [1.807, 2.05) is 12.1 Å². The molecule has 14 nitrogen and oxygen atoms in total. The van der Waals surface area contributed by atoms with Gasteiger partial charge in [-0.15, -0.1) is 24.0 Å². The number of nitrogens with one attached hydrogen (secondary N) is 3. The third kappa shape index (κ3) is 14.4. The predicted octanol–water partition coefficient (Wildman–Crippen LogP) is 2.14. The standard InChI is InChI=1S/C12H9N3O3.C11H9NO3.C11H7NO3.CH3F.I3.HI/c16-5-9-11(15-6-14-9)7-1-2-10-8(3-7)4-13-12(17)18-10;2*13-5-1-2-8-3-4-10-9(6-8)7-12-11(14)15-10;1-2;1-3-2;/h1-3,5H,4,6H2,(H,13,17);3-4,6,13H,5,7H2,(H,12,14);3-6H,7H2,(H,12,14);1H3;;1H/q;;;;-1;/i;;;1D;;. The van der Waals surface area contributed by atoms with Crippen LogP contribution in [0.3, 0.4) is 0 Å². The fraction of sp³-hybridized carbons (Fsp3) is 0.171. The summed E-state index contributed by atoms with van der Waals surface area (Å²) in [6.07, 6.45) is -0.101. The molecule has 0 aliphatic carbocycles. The Morgan fingerprint density at radius 3 is 1.76 bits per heavy atom. The van der Waals surface area contributed by atoms with Gasteiger partial charge in [-0.1, -0.05) is 17.8 Å². The van der Waals surface area contributed by atoms with E-state index in [0.29, 0.717) is 74.1 Å². The van der Waals surface area contributed by atoms with Crippen LogP contribution in [0.5, 0.6) is 17.2 Å². The van der Waals surface area contributed by atoms with E-state index in [2.05, 4.69) is 86.8 Å². The number of ether oxygens (including phenoxy) is 3. The first kappa shape index (κ1) is 44.5. The third-order valence-electron chi connectivity index (χ3n) is 6.74. The van der Waals surface area contributed by atoms with Crippen molar-refractivity contribution < 1.29 is 62.3 Å². The molecule has 3 amide bonds. The van der Waals surface area contributed by atoms with Gasteiger partial charge in [-0.05, 0) is 60.5 Å². The fourth-order valence-corrected chi connectivity index (χ4v) is 4.59. The summed E-state index contributed by atoms with van der Waals surface area (Å²) in [6.45, 7) is 1.40. The van der Waals surface area contributed by atoms with Gasteiger partial charge in [-0.3, -0.25) is 24.0 Å². The monoisotopic (exact) mass is 1190 g/mol. The molecule has 0 radical (unpaired) electrons. The Labute approximate surface area is 357 Å². The Hall–Kier alpha value is -3.92. The van der Waals surface area contributed by atoms with Gasteiger partial charge in [0.2, 0.25) is 0 Å². The van der Waals surface area contributed by atoms with Crippen LogP contribution in [0, 0.1) is 23.7 Å². The van der Waals surface area contributed by atoms with Crippen molar-refractivity contribution in [2.45, 2.75) is 19.6 Å². The molecule has 0 unspecified atom stereocenters. The zero-order valence-corrected chi connectivity index (χ0v) is 36.4. The fourth-order valence-electron chi connectivity index (χ4n) is 4.59. The van der Waals surface area contributed by atoms with E-state index in [4.69, 9.17) is 20.7 Å². The van der Waals surface area contributed by atoms with E-state index in [-0.39, 0.29) is 37.3 Å². The minimum atomic E-state index is -1.00. The molecule has 284 valence electrons. The summed E-state index contributed by atoms with van der Waals surface area (Å²) in [4.78, 5) is 61.8. The molecule has 19 heteroatoms. The van der Waals surface area contributed by atoms with Crippen molar-refractivity contribution in [2.75, 3.05) is 20.4 Å². The Morgan fingerprint density at radius 1 is 0.833 bits per heavy atom. The van der Waals surface area contributed by atoms with Crippen molar-refractivity contribution in [1.29, 1.82) is 0 Å². The SMILES string of the molecule is I.I[I-]I.O=C1NCc2cc(C#CCO)ccc2O1.O=CC#Cc1ccc2c(c1)CNC(=O)O2.O=CC1=NCN=C1c1ccc2c(c1)CNC(=O)O2.[2H]CF. The molecular weight excluding hydrogens is 1160 g/mol. The molecule has 3 aromatic rings. The maximum absolute atomic E-state index is 11.0. The molecule has 0 saturated carbocycles. The average molecular weight is 1190 g/mol. The quantitative estimate of drug-likeness (QED) is 0.169. The van der Waals surface area contributed by atoms with Gasteiger partial charge in [-0.2, -0.15) is 0 Å². The molecular formula is C35H29FI4N5O9-. The zero-order chi connectivity index (χ0) is 39.3. The van der Waals surface area contributed by atoms with Crippen molar-refractivity contribution >= 4 is 103 Å². The predicted molar refractivity (Wildman–Crippen MR) is 220 cm³/mol. The van der Waals surface area contributed by atoms with Gasteiger partial charge < -0.3 is 35.3 Å². The van der Waals surface area contributed by atoms with Gasteiger partial charge in [0, 0.05) is 53.0 Å². The Bertz CT molecular complexity index is 2060. The van der Waals surface area contributed by atoms with Crippen LogP contribution in [0.25, 0.3) is 0 Å². The number of halogens is 5. The minimum absolute atomic E-state index is 0. The van der Waals surface area contributed by atoms with Crippen LogP contribution < -0.4 is 43.4 Å². The van der Waals surface area contributed by atoms with Crippen molar-refractivity contribution in [1.82, 2.24) is 16.0 Å². The van der Waals surface area contributed by atoms with Crippen molar-refractivity contribution in [2.24, 2.45) is 9.98 Å². The summed E-state index contributed by atoms with van der Waals surface area (Å²) in [7, 11) is -1.00. The Kier molecular flexibility index (Phi) is 20.8. The van der Waals surface area contributed by atoms with Gasteiger partial charge in [0.15, 0.2) is 12.6 Å². The number of rotatable bonds is 2. The number of amides is 3. The number of carbonyl (C=O) groups is 5. The number of alkyl halides is 1. The van der Waals surface area contributed by atoms with Crippen LogP contribution in [-0.4, -0.2) is 67.8 Å². The second-order valence-electron chi connectivity index (χ2n) is 9.91. The van der Waals surface area contributed by atoms with E-state index < -0.39 is 25.4 Å². The maximum atomic E-state index is 11.0. The Morgan fingerprint density at radius 2 is 1.30 bits per heavy atom.